The van der Waals surface area contributed by atoms with Crippen molar-refractivity contribution < 1.29 is 23.7 Å². The van der Waals surface area contributed by atoms with E-state index in [0.29, 0.717) is 35.1 Å². The van der Waals surface area contributed by atoms with E-state index in [1.807, 2.05) is 56.6 Å². The van der Waals surface area contributed by atoms with Gasteiger partial charge in [-0.3, -0.25) is 4.79 Å². The van der Waals surface area contributed by atoms with E-state index < -0.39 is 0 Å². The van der Waals surface area contributed by atoms with Gasteiger partial charge in [0, 0.05) is 17.5 Å². The molecule has 0 saturated carbocycles. The molecule has 0 fully saturated rings. The molecule has 2 heterocycles. The fourth-order valence-corrected chi connectivity index (χ4v) is 3.94. The van der Waals surface area contributed by atoms with Crippen molar-refractivity contribution in [3.8, 4) is 34.1 Å². The van der Waals surface area contributed by atoms with E-state index >= 15 is 0 Å². The van der Waals surface area contributed by atoms with Gasteiger partial charge >= 0.3 is 0 Å². The van der Waals surface area contributed by atoms with Crippen molar-refractivity contribution in [2.24, 2.45) is 0 Å². The average Bonchev–Trinajstić information content (AvgIpc) is 3.44. The van der Waals surface area contributed by atoms with Crippen molar-refractivity contribution in [1.29, 1.82) is 0 Å². The second kappa shape index (κ2) is 8.00. The Morgan fingerprint density at radius 1 is 0.935 bits per heavy atom. The number of fused-ring (bicyclic) bond motifs is 4. The van der Waals surface area contributed by atoms with Crippen molar-refractivity contribution in [2.45, 2.75) is 6.42 Å². The van der Waals surface area contributed by atoms with Gasteiger partial charge in [0.05, 0.1) is 0 Å². The van der Waals surface area contributed by atoms with Crippen LogP contribution in [0, 0.1) is 0 Å². The van der Waals surface area contributed by atoms with Gasteiger partial charge in [0.2, 0.25) is 13.6 Å². The number of hydrogen-bond donors (Lipinski definition) is 1. The third-order valence-electron chi connectivity index (χ3n) is 5.47. The summed E-state index contributed by atoms with van der Waals surface area (Å²) in [6.45, 7) is 1.93. The number of benzene rings is 3. The molecule has 0 unspecified atom stereocenters. The van der Waals surface area contributed by atoms with E-state index in [1.165, 1.54) is 0 Å². The summed E-state index contributed by atoms with van der Waals surface area (Å²) in [5, 5.41) is 4.85. The van der Waals surface area contributed by atoms with Crippen LogP contribution in [0.5, 0.6) is 23.0 Å². The number of nitrogens with one attached hydrogen (secondary N) is 1. The van der Waals surface area contributed by atoms with Crippen LogP contribution in [0.4, 0.5) is 0 Å². The lowest BCUT2D eigenvalue weighted by molar-refractivity contribution is 0.0952. The molecule has 31 heavy (non-hydrogen) atoms. The van der Waals surface area contributed by atoms with Crippen molar-refractivity contribution in [3.05, 3.63) is 48.0 Å². The molecule has 0 aliphatic carbocycles. The molecule has 1 N–H and O–H groups in total. The maximum absolute atomic E-state index is 12.9. The van der Waals surface area contributed by atoms with Crippen molar-refractivity contribution in [3.63, 3.8) is 0 Å². The van der Waals surface area contributed by atoms with Crippen LogP contribution in [0.2, 0.25) is 0 Å². The van der Waals surface area contributed by atoms with Crippen LogP contribution in [0.1, 0.15) is 16.8 Å². The van der Waals surface area contributed by atoms with Crippen LogP contribution >= 0.6 is 0 Å². The molecule has 2 aliphatic heterocycles. The predicted molar refractivity (Wildman–Crippen MR) is 117 cm³/mol. The van der Waals surface area contributed by atoms with E-state index in [0.717, 1.165) is 34.9 Å². The Balaban J connectivity index is 1.57. The van der Waals surface area contributed by atoms with E-state index in [4.69, 9.17) is 18.9 Å². The molecule has 0 bridgehead atoms. The Kier molecular flexibility index (Phi) is 5.03. The van der Waals surface area contributed by atoms with Gasteiger partial charge in [-0.25, -0.2) is 0 Å². The molecule has 7 nitrogen and oxygen atoms in total. The number of carbonyl (C=O) groups excluding carboxylic acids is 1. The number of amides is 1. The Labute approximate surface area is 180 Å². The molecule has 3 aromatic carbocycles. The molecule has 0 spiro atoms. The Morgan fingerprint density at radius 2 is 1.71 bits per heavy atom. The van der Waals surface area contributed by atoms with Gasteiger partial charge in [-0.05, 0) is 73.9 Å². The summed E-state index contributed by atoms with van der Waals surface area (Å²) in [7, 11) is 4.04. The van der Waals surface area contributed by atoms with Crippen LogP contribution in [0.15, 0.2) is 42.5 Å². The standard InChI is InChI=1S/C24H24N2O5/c1-26(2)9-3-8-25-24(27)17-10-16-5-7-20-23(31-14-29-20)22(16)18(11-17)15-4-6-19-21(12-15)30-13-28-19/h4-7,10-12H,3,8-9,13-14H2,1-2H3,(H,25,27). The lowest BCUT2D eigenvalue weighted by Gasteiger charge is -2.14. The number of hydrogen-bond acceptors (Lipinski definition) is 6. The van der Waals surface area contributed by atoms with Gasteiger partial charge in [-0.2, -0.15) is 0 Å². The van der Waals surface area contributed by atoms with Crippen LogP contribution in [-0.4, -0.2) is 51.6 Å². The normalized spacial score (nSPS) is 13.8. The number of nitrogens with zero attached hydrogens (tertiary/aromatic N) is 1. The number of ether oxygens (including phenoxy) is 4. The second-order valence-corrected chi connectivity index (χ2v) is 7.90. The van der Waals surface area contributed by atoms with Crippen LogP contribution in [0.3, 0.4) is 0 Å². The fraction of sp³-hybridized carbons (Fsp3) is 0.292. The summed E-state index contributed by atoms with van der Waals surface area (Å²) in [6, 6.07) is 13.4. The van der Waals surface area contributed by atoms with Gasteiger partial charge in [-0.1, -0.05) is 12.1 Å². The lowest BCUT2D eigenvalue weighted by atomic mass is 9.94. The summed E-state index contributed by atoms with van der Waals surface area (Å²) in [5.41, 5.74) is 2.40. The Bertz CT molecular complexity index is 1160. The SMILES string of the molecule is CN(C)CCCNC(=O)c1cc(-c2ccc3c(c2)OCO3)c2c3c(ccc2c1)OCO3. The van der Waals surface area contributed by atoms with Crippen molar-refractivity contribution in [2.75, 3.05) is 40.8 Å². The number of rotatable bonds is 6. The molecule has 0 aromatic heterocycles. The third-order valence-corrected chi connectivity index (χ3v) is 5.47. The average molecular weight is 420 g/mol. The first-order valence-corrected chi connectivity index (χ1v) is 10.3. The van der Waals surface area contributed by atoms with E-state index in [-0.39, 0.29) is 19.5 Å². The van der Waals surface area contributed by atoms with Gasteiger partial charge in [-0.15, -0.1) is 0 Å². The molecule has 5 rings (SSSR count). The van der Waals surface area contributed by atoms with Crippen LogP contribution < -0.4 is 24.3 Å². The highest BCUT2D eigenvalue weighted by molar-refractivity contribution is 6.08. The Morgan fingerprint density at radius 3 is 2.58 bits per heavy atom. The summed E-state index contributed by atoms with van der Waals surface area (Å²) in [4.78, 5) is 15.0. The summed E-state index contributed by atoms with van der Waals surface area (Å²) in [5.74, 6) is 2.71. The third kappa shape index (κ3) is 3.72. The molecule has 1 amide bonds. The first-order valence-electron chi connectivity index (χ1n) is 10.3. The zero-order valence-electron chi connectivity index (χ0n) is 17.6. The maximum atomic E-state index is 12.9. The zero-order valence-corrected chi connectivity index (χ0v) is 17.6. The van der Waals surface area contributed by atoms with E-state index in [9.17, 15) is 4.79 Å². The molecule has 0 atom stereocenters. The second-order valence-electron chi connectivity index (χ2n) is 7.90. The molecule has 3 aromatic rings. The monoisotopic (exact) mass is 420 g/mol. The van der Waals surface area contributed by atoms with Gasteiger partial charge in [0.1, 0.15) is 0 Å². The summed E-state index contributed by atoms with van der Waals surface area (Å²) in [6.07, 6.45) is 0.889. The molecule has 2 aliphatic rings. The summed E-state index contributed by atoms with van der Waals surface area (Å²) >= 11 is 0. The van der Waals surface area contributed by atoms with Crippen LogP contribution in [-0.2, 0) is 0 Å². The van der Waals surface area contributed by atoms with Gasteiger partial charge in [0.25, 0.3) is 5.91 Å². The minimum Gasteiger partial charge on any atom is -0.454 e. The predicted octanol–water partition coefficient (Wildman–Crippen LogP) is 3.65. The molecule has 160 valence electrons. The summed E-state index contributed by atoms with van der Waals surface area (Å²) < 4.78 is 22.4. The zero-order chi connectivity index (χ0) is 21.4. The molecule has 0 saturated heterocycles. The van der Waals surface area contributed by atoms with E-state index in [1.54, 1.807) is 0 Å². The highest BCUT2D eigenvalue weighted by Gasteiger charge is 2.23. The fourth-order valence-electron chi connectivity index (χ4n) is 3.94. The molecule has 7 heteroatoms. The van der Waals surface area contributed by atoms with E-state index in [2.05, 4.69) is 10.2 Å². The van der Waals surface area contributed by atoms with Gasteiger partial charge in [0.15, 0.2) is 23.0 Å². The maximum Gasteiger partial charge on any atom is 0.251 e. The quantitative estimate of drug-likeness (QED) is 0.614. The molecule has 0 radical (unpaired) electrons. The first kappa shape index (κ1) is 19.5. The highest BCUT2D eigenvalue weighted by atomic mass is 16.7. The van der Waals surface area contributed by atoms with Crippen LogP contribution in [0.25, 0.3) is 21.9 Å². The minimum absolute atomic E-state index is 0.0969. The molecular weight excluding hydrogens is 396 g/mol. The largest absolute Gasteiger partial charge is 0.454 e. The topological polar surface area (TPSA) is 69.3 Å². The first-order chi connectivity index (χ1) is 15.1. The minimum atomic E-state index is -0.0969. The number of carbonyl (C=O) groups is 1. The smallest absolute Gasteiger partial charge is 0.251 e. The van der Waals surface area contributed by atoms with Gasteiger partial charge < -0.3 is 29.2 Å². The highest BCUT2D eigenvalue weighted by Crippen LogP contribution is 2.46. The molecular formula is C24H24N2O5. The van der Waals surface area contributed by atoms with Crippen molar-refractivity contribution in [1.82, 2.24) is 10.2 Å². The van der Waals surface area contributed by atoms with Crippen molar-refractivity contribution >= 4 is 16.7 Å². The lowest BCUT2D eigenvalue weighted by Crippen LogP contribution is -2.27. The Hall–Kier alpha value is -3.45.